The van der Waals surface area contributed by atoms with Crippen LogP contribution in [-0.4, -0.2) is 79.6 Å². The molecule has 0 N–H and O–H groups in total. The number of rotatable bonds is 3. The summed E-state index contributed by atoms with van der Waals surface area (Å²) in [6.45, 7) is 10.1. The van der Waals surface area contributed by atoms with Gasteiger partial charge in [-0.25, -0.2) is 8.42 Å². The molecule has 2 heterocycles. The molecule has 3 fully saturated rings. The van der Waals surface area contributed by atoms with Gasteiger partial charge in [-0.1, -0.05) is 0 Å². The summed E-state index contributed by atoms with van der Waals surface area (Å²) in [7, 11) is -3.09. The number of hydrogen-bond donors (Lipinski definition) is 0. The summed E-state index contributed by atoms with van der Waals surface area (Å²) in [5.41, 5.74) is -0.0579. The van der Waals surface area contributed by atoms with E-state index in [0.717, 1.165) is 25.6 Å². The predicted octanol–water partition coefficient (Wildman–Crippen LogP) is 0.436. The lowest BCUT2D eigenvalue weighted by atomic mass is 9.94. The molecule has 6 heteroatoms. The Kier molecular flexibility index (Phi) is 3.64. The second-order valence-corrected chi connectivity index (χ2v) is 9.40. The van der Waals surface area contributed by atoms with Crippen molar-refractivity contribution in [2.75, 3.05) is 45.5 Å². The summed E-state index contributed by atoms with van der Waals surface area (Å²) >= 11 is 0. The van der Waals surface area contributed by atoms with Gasteiger partial charge in [-0.15, -0.1) is 0 Å². The fourth-order valence-electron chi connectivity index (χ4n) is 3.78. The van der Waals surface area contributed by atoms with E-state index in [-0.39, 0.29) is 5.54 Å². The standard InChI is InChI=1S/C14H27N3O2S/c1-14(2)11-16(20(3,18)19)10-13-9-15(6-7-17(13)14)8-12-4-5-12/h12-13H,4-11H2,1-3H3. The Morgan fingerprint density at radius 2 is 1.85 bits per heavy atom. The monoisotopic (exact) mass is 301 g/mol. The molecule has 3 rings (SSSR count). The van der Waals surface area contributed by atoms with Crippen molar-refractivity contribution < 1.29 is 8.42 Å². The van der Waals surface area contributed by atoms with Crippen LogP contribution in [0.3, 0.4) is 0 Å². The topological polar surface area (TPSA) is 43.9 Å². The average Bonchev–Trinajstić information content (AvgIpc) is 3.10. The fraction of sp³-hybridized carbons (Fsp3) is 1.00. The van der Waals surface area contributed by atoms with E-state index in [1.165, 1.54) is 25.6 Å². The highest BCUT2D eigenvalue weighted by Crippen LogP contribution is 2.33. The van der Waals surface area contributed by atoms with Gasteiger partial charge in [-0.3, -0.25) is 4.90 Å². The molecule has 1 aliphatic carbocycles. The normalized spacial score (nSPS) is 33.0. The second-order valence-electron chi connectivity index (χ2n) is 7.42. The van der Waals surface area contributed by atoms with Gasteiger partial charge in [-0.2, -0.15) is 4.31 Å². The van der Waals surface area contributed by atoms with E-state index in [1.54, 1.807) is 4.31 Å². The highest BCUT2D eigenvalue weighted by Gasteiger charge is 2.45. The lowest BCUT2D eigenvalue weighted by molar-refractivity contribution is -0.0437. The van der Waals surface area contributed by atoms with Crippen molar-refractivity contribution in [2.24, 2.45) is 5.92 Å². The zero-order chi connectivity index (χ0) is 14.5. The van der Waals surface area contributed by atoms with Gasteiger partial charge in [0.25, 0.3) is 0 Å². The maximum absolute atomic E-state index is 11.9. The van der Waals surface area contributed by atoms with Crippen molar-refractivity contribution in [3.63, 3.8) is 0 Å². The maximum Gasteiger partial charge on any atom is 0.211 e. The molecule has 0 aromatic rings. The van der Waals surface area contributed by atoms with Gasteiger partial charge in [0.05, 0.1) is 6.26 Å². The number of sulfonamides is 1. The molecular weight excluding hydrogens is 274 g/mol. The summed E-state index contributed by atoms with van der Waals surface area (Å²) in [5, 5.41) is 0. The molecule has 3 aliphatic rings. The molecule has 0 aromatic carbocycles. The van der Waals surface area contributed by atoms with Crippen LogP contribution in [0.5, 0.6) is 0 Å². The molecule has 2 aliphatic heterocycles. The van der Waals surface area contributed by atoms with Crippen LogP contribution in [0.25, 0.3) is 0 Å². The summed E-state index contributed by atoms with van der Waals surface area (Å²) in [4.78, 5) is 5.07. The summed E-state index contributed by atoms with van der Waals surface area (Å²) in [6, 6.07) is 0.348. The first-order valence-electron chi connectivity index (χ1n) is 7.70. The van der Waals surface area contributed by atoms with Crippen molar-refractivity contribution in [3.8, 4) is 0 Å². The third kappa shape index (κ3) is 3.03. The Balaban J connectivity index is 1.72. The number of hydrogen-bond acceptors (Lipinski definition) is 4. The largest absolute Gasteiger partial charge is 0.300 e. The third-order valence-corrected chi connectivity index (χ3v) is 6.22. The molecule has 5 nitrogen and oxygen atoms in total. The Bertz CT molecular complexity index is 473. The molecule has 1 saturated carbocycles. The van der Waals surface area contributed by atoms with E-state index in [2.05, 4.69) is 23.6 Å². The van der Waals surface area contributed by atoms with Crippen LogP contribution in [0, 0.1) is 5.92 Å². The molecule has 116 valence electrons. The minimum Gasteiger partial charge on any atom is -0.300 e. The van der Waals surface area contributed by atoms with E-state index in [1.807, 2.05) is 0 Å². The van der Waals surface area contributed by atoms with Crippen LogP contribution < -0.4 is 0 Å². The molecule has 0 amide bonds. The fourth-order valence-corrected chi connectivity index (χ4v) is 4.77. The quantitative estimate of drug-likeness (QED) is 0.758. The molecule has 0 aromatic heterocycles. The highest BCUT2D eigenvalue weighted by atomic mass is 32.2. The van der Waals surface area contributed by atoms with Crippen LogP contribution in [0.4, 0.5) is 0 Å². The van der Waals surface area contributed by atoms with Gasteiger partial charge in [0.2, 0.25) is 10.0 Å². The minimum atomic E-state index is -3.09. The van der Waals surface area contributed by atoms with E-state index >= 15 is 0 Å². The first-order chi connectivity index (χ1) is 9.25. The van der Waals surface area contributed by atoms with Gasteiger partial charge < -0.3 is 4.90 Å². The van der Waals surface area contributed by atoms with Crippen molar-refractivity contribution in [2.45, 2.75) is 38.3 Å². The lowest BCUT2D eigenvalue weighted by Crippen LogP contribution is -2.70. The number of fused-ring (bicyclic) bond motifs is 1. The first kappa shape index (κ1) is 14.8. The Morgan fingerprint density at radius 1 is 1.15 bits per heavy atom. The van der Waals surface area contributed by atoms with Gasteiger partial charge in [0.1, 0.15) is 0 Å². The van der Waals surface area contributed by atoms with Gasteiger partial charge >= 0.3 is 0 Å². The molecule has 2 saturated heterocycles. The molecule has 20 heavy (non-hydrogen) atoms. The average molecular weight is 301 g/mol. The maximum atomic E-state index is 11.9. The number of piperazine rings is 2. The minimum absolute atomic E-state index is 0.0579. The molecule has 1 atom stereocenters. The summed E-state index contributed by atoms with van der Waals surface area (Å²) in [5.74, 6) is 0.907. The third-order valence-electron chi connectivity index (χ3n) is 5.00. The van der Waals surface area contributed by atoms with Crippen molar-refractivity contribution >= 4 is 10.0 Å². The Labute approximate surface area is 123 Å². The van der Waals surface area contributed by atoms with E-state index < -0.39 is 10.0 Å². The van der Waals surface area contributed by atoms with Gasteiger partial charge in [0.15, 0.2) is 0 Å². The Hall–Kier alpha value is -0.170. The van der Waals surface area contributed by atoms with E-state index in [4.69, 9.17) is 0 Å². The van der Waals surface area contributed by atoms with Crippen LogP contribution in [0.15, 0.2) is 0 Å². The van der Waals surface area contributed by atoms with Gasteiger partial charge in [0, 0.05) is 50.8 Å². The molecule has 0 spiro atoms. The van der Waals surface area contributed by atoms with Crippen LogP contribution in [0.1, 0.15) is 26.7 Å². The van der Waals surface area contributed by atoms with Gasteiger partial charge in [-0.05, 0) is 32.6 Å². The zero-order valence-electron chi connectivity index (χ0n) is 12.9. The van der Waals surface area contributed by atoms with Crippen molar-refractivity contribution in [1.29, 1.82) is 0 Å². The van der Waals surface area contributed by atoms with Crippen molar-refractivity contribution in [3.05, 3.63) is 0 Å². The zero-order valence-corrected chi connectivity index (χ0v) is 13.7. The lowest BCUT2D eigenvalue weighted by Gasteiger charge is -2.55. The summed E-state index contributed by atoms with van der Waals surface area (Å²) < 4.78 is 25.5. The predicted molar refractivity (Wildman–Crippen MR) is 80.2 cm³/mol. The Morgan fingerprint density at radius 3 is 2.45 bits per heavy atom. The molecule has 1 unspecified atom stereocenters. The number of nitrogens with zero attached hydrogens (tertiary/aromatic N) is 3. The van der Waals surface area contributed by atoms with E-state index in [0.29, 0.717) is 19.1 Å². The van der Waals surface area contributed by atoms with Crippen molar-refractivity contribution in [1.82, 2.24) is 14.1 Å². The highest BCUT2D eigenvalue weighted by molar-refractivity contribution is 7.88. The first-order valence-corrected chi connectivity index (χ1v) is 9.55. The smallest absolute Gasteiger partial charge is 0.211 e. The molecule has 0 radical (unpaired) electrons. The van der Waals surface area contributed by atoms with Crippen LogP contribution >= 0.6 is 0 Å². The van der Waals surface area contributed by atoms with E-state index in [9.17, 15) is 8.42 Å². The van der Waals surface area contributed by atoms with Crippen LogP contribution in [-0.2, 0) is 10.0 Å². The second kappa shape index (κ2) is 4.93. The van der Waals surface area contributed by atoms with Crippen LogP contribution in [0.2, 0.25) is 0 Å². The molecular formula is C14H27N3O2S. The summed E-state index contributed by atoms with van der Waals surface area (Å²) in [6.07, 6.45) is 4.10. The SMILES string of the molecule is CC1(C)CN(S(C)(=O)=O)CC2CN(CC3CC3)CCN21. The molecule has 0 bridgehead atoms.